The molecule has 13 heteroatoms. The van der Waals surface area contributed by atoms with Gasteiger partial charge < -0.3 is 14.9 Å². The summed E-state index contributed by atoms with van der Waals surface area (Å²) < 4.78 is 46.4. The first kappa shape index (κ1) is 30.8. The number of H-pyrrole nitrogens is 1. The Labute approximate surface area is 228 Å². The molecule has 1 aliphatic heterocycles. The van der Waals surface area contributed by atoms with Gasteiger partial charge in [-0.3, -0.25) is 14.4 Å². The molecule has 1 aromatic carbocycles. The summed E-state index contributed by atoms with van der Waals surface area (Å²) in [6.45, 7) is 4.65. The van der Waals surface area contributed by atoms with Crippen molar-refractivity contribution in [1.82, 2.24) is 20.0 Å². The van der Waals surface area contributed by atoms with Gasteiger partial charge in [0.25, 0.3) is 11.5 Å². The van der Waals surface area contributed by atoms with E-state index < -0.39 is 23.9 Å². The van der Waals surface area contributed by atoms with E-state index in [1.807, 2.05) is 18.7 Å². The Kier molecular flexibility index (Phi) is 10.0. The van der Waals surface area contributed by atoms with Crippen molar-refractivity contribution >= 4 is 17.8 Å². The summed E-state index contributed by atoms with van der Waals surface area (Å²) in [7, 11) is 0. The van der Waals surface area contributed by atoms with Gasteiger partial charge in [0, 0.05) is 31.1 Å². The zero-order valence-electron chi connectivity index (χ0n) is 22.3. The first-order valence-corrected chi connectivity index (χ1v) is 13.1. The van der Waals surface area contributed by atoms with Gasteiger partial charge in [0.15, 0.2) is 0 Å². The Morgan fingerprint density at radius 3 is 2.35 bits per heavy atom. The molecule has 1 aliphatic carbocycles. The number of nitrogens with zero attached hydrogens (tertiary/aromatic N) is 3. The number of aromatic amines is 1. The van der Waals surface area contributed by atoms with Crippen LogP contribution in [0, 0.1) is 12.7 Å². The van der Waals surface area contributed by atoms with E-state index in [4.69, 9.17) is 9.90 Å². The summed E-state index contributed by atoms with van der Waals surface area (Å²) in [6.07, 6.45) is 1.40. The fourth-order valence-corrected chi connectivity index (χ4v) is 5.06. The van der Waals surface area contributed by atoms with Gasteiger partial charge in [-0.25, -0.2) is 14.3 Å². The van der Waals surface area contributed by atoms with Crippen molar-refractivity contribution in [3.05, 3.63) is 62.3 Å². The molecule has 0 bridgehead atoms. The molecule has 2 N–H and O–H groups in total. The first-order valence-electron chi connectivity index (χ1n) is 13.1. The van der Waals surface area contributed by atoms with E-state index in [-0.39, 0.29) is 29.6 Å². The molecule has 0 spiro atoms. The molecular formula is C27H32F4N4O5. The number of carboxylic acid groups (broad SMARTS) is 1. The maximum Gasteiger partial charge on any atom is 0.490 e. The highest BCUT2D eigenvalue weighted by atomic mass is 19.4. The lowest BCUT2D eigenvalue weighted by atomic mass is 9.93. The van der Waals surface area contributed by atoms with E-state index in [1.165, 1.54) is 23.5 Å². The quantitative estimate of drug-likeness (QED) is 0.531. The van der Waals surface area contributed by atoms with Gasteiger partial charge in [-0.05, 0) is 49.4 Å². The number of amides is 2. The van der Waals surface area contributed by atoms with Crippen LogP contribution in [-0.4, -0.2) is 74.7 Å². The summed E-state index contributed by atoms with van der Waals surface area (Å²) >= 11 is 0. The number of halogens is 4. The molecule has 218 valence electrons. The van der Waals surface area contributed by atoms with Crippen molar-refractivity contribution in [2.45, 2.75) is 71.0 Å². The standard InChI is InChI=1S/C25H31FN4O3.C2HF3O2/c1-3-19-16(2)22(27-28-24(19)32)14-17-9-10-21(26)20(13-17)25(33)29-11-12-30(23(31)15-29)18-7-5-4-6-8-18;3-2(4,5)1(6)7/h9-10,13,18H,3-8,11-12,14-15H2,1-2H3,(H,28,32);(H,6,7). The minimum atomic E-state index is -5.08. The number of aromatic nitrogens is 2. The lowest BCUT2D eigenvalue weighted by Crippen LogP contribution is -2.55. The number of carboxylic acids is 1. The number of aliphatic carboxylic acids is 1. The SMILES string of the molecule is CCc1c(C)c(Cc2ccc(F)c(C(=O)N3CCN(C4CCCCC4)C(=O)C3)c2)n[nH]c1=O.O=C(O)C(F)(F)F. The van der Waals surface area contributed by atoms with Crippen LogP contribution in [0.2, 0.25) is 0 Å². The lowest BCUT2D eigenvalue weighted by Gasteiger charge is -2.40. The molecule has 2 aliphatic rings. The Bertz CT molecular complexity index is 1300. The number of carbonyl (C=O) groups excluding carboxylic acids is 2. The number of carbonyl (C=O) groups is 3. The van der Waals surface area contributed by atoms with Crippen LogP contribution in [-0.2, 0) is 22.4 Å². The molecule has 2 heterocycles. The third-order valence-corrected chi connectivity index (χ3v) is 7.24. The molecule has 0 radical (unpaired) electrons. The fourth-order valence-electron chi connectivity index (χ4n) is 5.06. The maximum absolute atomic E-state index is 14.6. The number of nitrogens with one attached hydrogen (secondary N) is 1. The van der Waals surface area contributed by atoms with Crippen LogP contribution in [0.1, 0.15) is 71.8 Å². The van der Waals surface area contributed by atoms with Crippen LogP contribution in [0.15, 0.2) is 23.0 Å². The second-order valence-electron chi connectivity index (χ2n) is 9.86. The van der Waals surface area contributed by atoms with Gasteiger partial charge in [0.05, 0.1) is 11.3 Å². The number of benzene rings is 1. The molecule has 4 rings (SSSR count). The molecule has 9 nitrogen and oxygen atoms in total. The monoisotopic (exact) mass is 568 g/mol. The third kappa shape index (κ3) is 7.45. The summed E-state index contributed by atoms with van der Waals surface area (Å²) in [5.74, 6) is -3.89. The predicted octanol–water partition coefficient (Wildman–Crippen LogP) is 3.62. The number of rotatable bonds is 5. The Morgan fingerprint density at radius 1 is 1.12 bits per heavy atom. The highest BCUT2D eigenvalue weighted by Gasteiger charge is 2.38. The highest BCUT2D eigenvalue weighted by Crippen LogP contribution is 2.25. The van der Waals surface area contributed by atoms with Crippen molar-refractivity contribution in [3.63, 3.8) is 0 Å². The van der Waals surface area contributed by atoms with Crippen molar-refractivity contribution < 1.29 is 37.1 Å². The molecule has 1 aromatic heterocycles. The fraction of sp³-hybridized carbons (Fsp3) is 0.519. The van der Waals surface area contributed by atoms with Gasteiger partial charge in [0.2, 0.25) is 5.91 Å². The molecule has 1 saturated carbocycles. The average molecular weight is 569 g/mol. The van der Waals surface area contributed by atoms with E-state index in [2.05, 4.69) is 10.2 Å². The number of hydrogen-bond acceptors (Lipinski definition) is 5. The molecule has 40 heavy (non-hydrogen) atoms. The van der Waals surface area contributed by atoms with E-state index in [1.54, 1.807) is 6.07 Å². The van der Waals surface area contributed by atoms with Gasteiger partial charge in [-0.15, -0.1) is 0 Å². The summed E-state index contributed by atoms with van der Waals surface area (Å²) in [5, 5.41) is 13.8. The van der Waals surface area contributed by atoms with E-state index in [0.717, 1.165) is 36.8 Å². The van der Waals surface area contributed by atoms with E-state index >= 15 is 0 Å². The van der Waals surface area contributed by atoms with Crippen molar-refractivity contribution in [3.8, 4) is 0 Å². The van der Waals surface area contributed by atoms with Crippen molar-refractivity contribution in [2.75, 3.05) is 19.6 Å². The molecular weight excluding hydrogens is 536 g/mol. The Hall–Kier alpha value is -3.77. The maximum atomic E-state index is 14.6. The summed E-state index contributed by atoms with van der Waals surface area (Å²) in [4.78, 5) is 50.1. The van der Waals surface area contributed by atoms with Crippen LogP contribution >= 0.6 is 0 Å². The molecule has 2 aromatic rings. The van der Waals surface area contributed by atoms with Gasteiger partial charge >= 0.3 is 12.1 Å². The van der Waals surface area contributed by atoms with Crippen LogP contribution in [0.5, 0.6) is 0 Å². The molecule has 2 amide bonds. The topological polar surface area (TPSA) is 124 Å². The highest BCUT2D eigenvalue weighted by molar-refractivity contribution is 5.97. The minimum Gasteiger partial charge on any atom is -0.475 e. The minimum absolute atomic E-state index is 0.0144. The number of piperazine rings is 1. The van der Waals surface area contributed by atoms with Gasteiger partial charge in [-0.1, -0.05) is 32.3 Å². The van der Waals surface area contributed by atoms with Crippen LogP contribution in [0.4, 0.5) is 17.6 Å². The first-order chi connectivity index (χ1) is 18.8. The van der Waals surface area contributed by atoms with Crippen molar-refractivity contribution in [1.29, 1.82) is 0 Å². The van der Waals surface area contributed by atoms with Gasteiger partial charge in [0.1, 0.15) is 12.4 Å². The normalized spacial score (nSPS) is 16.4. The Balaban J connectivity index is 0.000000559. The van der Waals surface area contributed by atoms with Crippen LogP contribution in [0.25, 0.3) is 0 Å². The molecule has 1 saturated heterocycles. The predicted molar refractivity (Wildman–Crippen MR) is 136 cm³/mol. The smallest absolute Gasteiger partial charge is 0.475 e. The molecule has 2 fully saturated rings. The second-order valence-corrected chi connectivity index (χ2v) is 9.86. The summed E-state index contributed by atoms with van der Waals surface area (Å²) in [6, 6.07) is 4.71. The van der Waals surface area contributed by atoms with E-state index in [9.17, 15) is 31.9 Å². The zero-order valence-corrected chi connectivity index (χ0v) is 22.3. The van der Waals surface area contributed by atoms with Crippen LogP contribution < -0.4 is 5.56 Å². The van der Waals surface area contributed by atoms with Gasteiger partial charge in [-0.2, -0.15) is 18.3 Å². The number of hydrogen-bond donors (Lipinski definition) is 2. The average Bonchev–Trinajstić information content (AvgIpc) is 2.91. The molecule has 0 unspecified atom stereocenters. The number of alkyl halides is 3. The van der Waals surface area contributed by atoms with E-state index in [0.29, 0.717) is 37.2 Å². The zero-order chi connectivity index (χ0) is 29.6. The lowest BCUT2D eigenvalue weighted by molar-refractivity contribution is -0.192. The molecule has 0 atom stereocenters. The Morgan fingerprint density at radius 2 is 1.77 bits per heavy atom. The largest absolute Gasteiger partial charge is 0.490 e. The second kappa shape index (κ2) is 13.1. The summed E-state index contributed by atoms with van der Waals surface area (Å²) in [5.41, 5.74) is 2.65. The van der Waals surface area contributed by atoms with Crippen LogP contribution in [0.3, 0.4) is 0 Å². The third-order valence-electron chi connectivity index (χ3n) is 7.24. The van der Waals surface area contributed by atoms with Crippen molar-refractivity contribution in [2.24, 2.45) is 0 Å².